The first-order valence-corrected chi connectivity index (χ1v) is 6.50. The molecule has 1 atom stereocenters. The van der Waals surface area contributed by atoms with Crippen LogP contribution in [0.15, 0.2) is 42.5 Å². The molecule has 0 saturated carbocycles. The lowest BCUT2D eigenvalue weighted by Crippen LogP contribution is -2.34. The molecule has 2 aromatic rings. The van der Waals surface area contributed by atoms with E-state index in [1.165, 1.54) is 0 Å². The molecule has 0 aliphatic rings. The van der Waals surface area contributed by atoms with Gasteiger partial charge in [0, 0.05) is 25.0 Å². The van der Waals surface area contributed by atoms with E-state index >= 15 is 0 Å². The first-order chi connectivity index (χ1) is 9.31. The van der Waals surface area contributed by atoms with Crippen LogP contribution >= 0.6 is 0 Å². The van der Waals surface area contributed by atoms with Gasteiger partial charge in [0.15, 0.2) is 0 Å². The van der Waals surface area contributed by atoms with Crippen LogP contribution in [0.2, 0.25) is 0 Å². The maximum absolute atomic E-state index is 9.78. The van der Waals surface area contributed by atoms with Crippen molar-refractivity contribution in [1.29, 1.82) is 0 Å². The Hall–Kier alpha value is -1.62. The first kappa shape index (κ1) is 13.8. The van der Waals surface area contributed by atoms with Gasteiger partial charge in [0.2, 0.25) is 0 Å². The summed E-state index contributed by atoms with van der Waals surface area (Å²) in [5.41, 5.74) is 5.37. The number of hydrogen-bond donors (Lipinski definition) is 3. The topological polar surface area (TPSA) is 67.5 Å². The van der Waals surface area contributed by atoms with Crippen LogP contribution in [-0.2, 0) is 0 Å². The maximum Gasteiger partial charge on any atom is 0.127 e. The lowest BCUT2D eigenvalue weighted by molar-refractivity contribution is 0.107. The van der Waals surface area contributed by atoms with Gasteiger partial charge in [-0.2, -0.15) is 0 Å². The highest BCUT2D eigenvalue weighted by Gasteiger charge is 2.06. The highest BCUT2D eigenvalue weighted by Crippen LogP contribution is 2.25. The predicted molar refractivity (Wildman–Crippen MR) is 77.4 cm³/mol. The third kappa shape index (κ3) is 3.92. The molecule has 4 nitrogen and oxygen atoms in total. The first-order valence-electron chi connectivity index (χ1n) is 6.50. The van der Waals surface area contributed by atoms with Crippen molar-refractivity contribution >= 4 is 10.8 Å². The van der Waals surface area contributed by atoms with Crippen LogP contribution in [0.4, 0.5) is 0 Å². The minimum Gasteiger partial charge on any atom is -0.490 e. The zero-order valence-corrected chi connectivity index (χ0v) is 10.9. The zero-order valence-electron chi connectivity index (χ0n) is 10.9. The van der Waals surface area contributed by atoms with Crippen molar-refractivity contribution in [2.24, 2.45) is 5.73 Å². The van der Waals surface area contributed by atoms with Gasteiger partial charge < -0.3 is 20.9 Å². The van der Waals surface area contributed by atoms with Crippen molar-refractivity contribution < 1.29 is 9.84 Å². The van der Waals surface area contributed by atoms with Crippen LogP contribution in [-0.4, -0.2) is 37.5 Å². The van der Waals surface area contributed by atoms with Crippen molar-refractivity contribution in [3.8, 4) is 5.75 Å². The van der Waals surface area contributed by atoms with E-state index < -0.39 is 6.10 Å². The predicted octanol–water partition coefficient (Wildman–Crippen LogP) is 1.13. The number of rotatable bonds is 7. The van der Waals surface area contributed by atoms with E-state index in [1.54, 1.807) is 0 Å². The molecule has 2 rings (SSSR count). The van der Waals surface area contributed by atoms with Gasteiger partial charge in [-0.25, -0.2) is 0 Å². The summed E-state index contributed by atoms with van der Waals surface area (Å²) < 4.78 is 5.69. The standard InChI is InChI=1S/C15H20N2O2/c16-8-9-17-10-13(18)11-19-15-7-3-5-12-4-1-2-6-14(12)15/h1-7,13,17-18H,8-11,16H2/t13-/m0/s1. The Morgan fingerprint density at radius 1 is 1.16 bits per heavy atom. The van der Waals surface area contributed by atoms with Crippen molar-refractivity contribution in [3.63, 3.8) is 0 Å². The van der Waals surface area contributed by atoms with Crippen LogP contribution in [0.5, 0.6) is 5.75 Å². The van der Waals surface area contributed by atoms with Crippen molar-refractivity contribution in [2.45, 2.75) is 6.10 Å². The van der Waals surface area contributed by atoms with E-state index in [9.17, 15) is 5.11 Å². The van der Waals surface area contributed by atoms with Crippen LogP contribution in [0, 0.1) is 0 Å². The third-order valence-electron chi connectivity index (χ3n) is 2.88. The Labute approximate surface area is 113 Å². The number of benzene rings is 2. The van der Waals surface area contributed by atoms with Gasteiger partial charge in [0.1, 0.15) is 18.5 Å². The summed E-state index contributed by atoms with van der Waals surface area (Å²) in [6.07, 6.45) is -0.537. The Balaban J connectivity index is 1.94. The quantitative estimate of drug-likeness (QED) is 0.653. The van der Waals surface area contributed by atoms with E-state index in [-0.39, 0.29) is 6.61 Å². The molecule has 2 aromatic carbocycles. The van der Waals surface area contributed by atoms with Crippen molar-refractivity contribution in [3.05, 3.63) is 42.5 Å². The smallest absolute Gasteiger partial charge is 0.127 e. The molecule has 0 amide bonds. The Bertz CT molecular complexity index is 511. The van der Waals surface area contributed by atoms with Gasteiger partial charge in [-0.05, 0) is 11.5 Å². The monoisotopic (exact) mass is 260 g/mol. The molecule has 19 heavy (non-hydrogen) atoms. The summed E-state index contributed by atoms with van der Waals surface area (Å²) in [4.78, 5) is 0. The molecule has 4 N–H and O–H groups in total. The third-order valence-corrected chi connectivity index (χ3v) is 2.88. The van der Waals surface area contributed by atoms with Gasteiger partial charge in [0.05, 0.1) is 0 Å². The average molecular weight is 260 g/mol. The number of ether oxygens (including phenoxy) is 1. The molecule has 0 aromatic heterocycles. The van der Waals surface area contributed by atoms with Crippen LogP contribution in [0.3, 0.4) is 0 Å². The van der Waals surface area contributed by atoms with E-state index in [2.05, 4.69) is 5.32 Å². The largest absolute Gasteiger partial charge is 0.490 e. The number of aliphatic hydroxyl groups is 1. The number of fused-ring (bicyclic) bond motifs is 1. The second-order valence-electron chi connectivity index (χ2n) is 4.43. The molecule has 4 heteroatoms. The van der Waals surface area contributed by atoms with Gasteiger partial charge >= 0.3 is 0 Å². The molecule has 0 bridgehead atoms. The second-order valence-corrected chi connectivity index (χ2v) is 4.43. The lowest BCUT2D eigenvalue weighted by Gasteiger charge is -2.14. The molecule has 0 unspecified atom stereocenters. The molecule has 0 aliphatic heterocycles. The highest BCUT2D eigenvalue weighted by molar-refractivity contribution is 5.88. The minimum atomic E-state index is -0.537. The summed E-state index contributed by atoms with van der Waals surface area (Å²) in [7, 11) is 0. The molecule has 0 fully saturated rings. The van der Waals surface area contributed by atoms with Gasteiger partial charge in [-0.3, -0.25) is 0 Å². The molecular formula is C15H20N2O2. The molecule has 0 radical (unpaired) electrons. The van der Waals surface area contributed by atoms with Crippen LogP contribution < -0.4 is 15.8 Å². The fourth-order valence-corrected chi connectivity index (χ4v) is 1.94. The molecule has 0 spiro atoms. The van der Waals surface area contributed by atoms with E-state index in [0.29, 0.717) is 19.6 Å². The van der Waals surface area contributed by atoms with Crippen LogP contribution in [0.1, 0.15) is 0 Å². The fraction of sp³-hybridized carbons (Fsp3) is 0.333. The minimum absolute atomic E-state index is 0.269. The Morgan fingerprint density at radius 2 is 1.95 bits per heavy atom. The summed E-state index contributed by atoms with van der Waals surface area (Å²) in [5, 5.41) is 15.0. The summed E-state index contributed by atoms with van der Waals surface area (Å²) in [5.74, 6) is 0.802. The van der Waals surface area contributed by atoms with E-state index in [4.69, 9.17) is 10.5 Å². The van der Waals surface area contributed by atoms with Crippen molar-refractivity contribution in [1.82, 2.24) is 5.32 Å². The highest BCUT2D eigenvalue weighted by atomic mass is 16.5. The zero-order chi connectivity index (χ0) is 13.5. The molecule has 0 saturated heterocycles. The summed E-state index contributed by atoms with van der Waals surface area (Å²) in [6.45, 7) is 2.02. The number of aliphatic hydroxyl groups excluding tert-OH is 1. The summed E-state index contributed by atoms with van der Waals surface area (Å²) in [6, 6.07) is 14.0. The second kappa shape index (κ2) is 7.09. The lowest BCUT2D eigenvalue weighted by atomic mass is 10.1. The van der Waals surface area contributed by atoms with Gasteiger partial charge in [-0.15, -0.1) is 0 Å². The SMILES string of the molecule is NCCNC[C@H](O)COc1cccc2ccccc12. The fourth-order valence-electron chi connectivity index (χ4n) is 1.94. The van der Waals surface area contributed by atoms with E-state index in [0.717, 1.165) is 16.5 Å². The average Bonchev–Trinajstić information content (AvgIpc) is 2.45. The molecular weight excluding hydrogens is 240 g/mol. The molecule has 0 aliphatic carbocycles. The van der Waals surface area contributed by atoms with Gasteiger partial charge in [0.25, 0.3) is 0 Å². The normalized spacial score (nSPS) is 12.5. The van der Waals surface area contributed by atoms with Crippen molar-refractivity contribution in [2.75, 3.05) is 26.2 Å². The Kier molecular flexibility index (Phi) is 5.15. The maximum atomic E-state index is 9.78. The molecule has 102 valence electrons. The Morgan fingerprint density at radius 3 is 2.79 bits per heavy atom. The van der Waals surface area contributed by atoms with E-state index in [1.807, 2.05) is 42.5 Å². The summed E-state index contributed by atoms with van der Waals surface area (Å²) >= 11 is 0. The van der Waals surface area contributed by atoms with Gasteiger partial charge in [-0.1, -0.05) is 36.4 Å². The molecule has 0 heterocycles. The number of nitrogens with two attached hydrogens (primary N) is 1. The number of nitrogens with one attached hydrogen (secondary N) is 1. The van der Waals surface area contributed by atoms with Crippen LogP contribution in [0.25, 0.3) is 10.8 Å². The number of hydrogen-bond acceptors (Lipinski definition) is 4.